The second-order valence-electron chi connectivity index (χ2n) is 2.96. The zero-order valence-electron chi connectivity index (χ0n) is 7.92. The fraction of sp³-hybridized carbons (Fsp3) is 0.200. The summed E-state index contributed by atoms with van der Waals surface area (Å²) in [6.07, 6.45) is 0. The zero-order valence-corrected chi connectivity index (χ0v) is 8.68. The number of hydrogen-bond donors (Lipinski definition) is 1. The number of nitrogens with one attached hydrogen (secondary N) is 1. The lowest BCUT2D eigenvalue weighted by atomic mass is 10.2. The van der Waals surface area contributed by atoms with Crippen molar-refractivity contribution in [2.75, 3.05) is 5.32 Å². The highest BCUT2D eigenvalue weighted by Crippen LogP contribution is 2.22. The van der Waals surface area contributed by atoms with Crippen molar-refractivity contribution in [3.8, 4) is 6.07 Å². The van der Waals surface area contributed by atoms with Crippen molar-refractivity contribution in [2.24, 2.45) is 5.92 Å². The van der Waals surface area contributed by atoms with Gasteiger partial charge in [0.2, 0.25) is 5.91 Å². The second-order valence-corrected chi connectivity index (χ2v) is 3.37. The molecule has 1 aromatic rings. The Morgan fingerprint density at radius 2 is 2.33 bits per heavy atom. The first kappa shape index (κ1) is 11.5. The summed E-state index contributed by atoms with van der Waals surface area (Å²) in [4.78, 5) is 11.3. The topological polar surface area (TPSA) is 52.9 Å². The SMILES string of the molecule is CC(C#N)C(=O)Nc1ccc(F)cc1Cl. The smallest absolute Gasteiger partial charge is 0.241 e. The Balaban J connectivity index is 2.82. The predicted molar refractivity (Wildman–Crippen MR) is 54.8 cm³/mol. The molecule has 0 fully saturated rings. The van der Waals surface area contributed by atoms with E-state index < -0.39 is 17.6 Å². The van der Waals surface area contributed by atoms with Gasteiger partial charge in [-0.25, -0.2) is 4.39 Å². The van der Waals surface area contributed by atoms with E-state index >= 15 is 0 Å². The van der Waals surface area contributed by atoms with Gasteiger partial charge in [-0.2, -0.15) is 5.26 Å². The molecule has 0 heterocycles. The molecule has 78 valence electrons. The van der Waals surface area contributed by atoms with Crippen molar-refractivity contribution in [3.63, 3.8) is 0 Å². The van der Waals surface area contributed by atoms with Crippen LogP contribution in [0.1, 0.15) is 6.92 Å². The molecule has 5 heteroatoms. The van der Waals surface area contributed by atoms with Crippen LogP contribution < -0.4 is 5.32 Å². The van der Waals surface area contributed by atoms with Gasteiger partial charge in [0.15, 0.2) is 0 Å². The largest absolute Gasteiger partial charge is 0.324 e. The predicted octanol–water partition coefficient (Wildman–Crippen LogP) is 2.58. The van der Waals surface area contributed by atoms with Crippen molar-refractivity contribution in [3.05, 3.63) is 29.0 Å². The average Bonchev–Trinajstić information content (AvgIpc) is 2.20. The lowest BCUT2D eigenvalue weighted by molar-refractivity contribution is -0.117. The number of amides is 1. The molecule has 1 unspecified atom stereocenters. The summed E-state index contributed by atoms with van der Waals surface area (Å²) < 4.78 is 12.7. The maximum Gasteiger partial charge on any atom is 0.241 e. The summed E-state index contributed by atoms with van der Waals surface area (Å²) in [6, 6.07) is 5.40. The Kier molecular flexibility index (Phi) is 3.64. The van der Waals surface area contributed by atoms with Gasteiger partial charge in [0.05, 0.1) is 16.8 Å². The number of nitrogens with zero attached hydrogens (tertiary/aromatic N) is 1. The first-order chi connectivity index (χ1) is 7.04. The zero-order chi connectivity index (χ0) is 11.4. The summed E-state index contributed by atoms with van der Waals surface area (Å²) in [5, 5.41) is 11.0. The molecule has 1 N–H and O–H groups in total. The molecule has 0 aromatic heterocycles. The normalized spacial score (nSPS) is 11.6. The van der Waals surface area contributed by atoms with Crippen molar-refractivity contribution in [1.29, 1.82) is 5.26 Å². The molecule has 0 saturated carbocycles. The third kappa shape index (κ3) is 2.93. The maximum atomic E-state index is 12.7. The van der Waals surface area contributed by atoms with Crippen molar-refractivity contribution in [1.82, 2.24) is 0 Å². The minimum Gasteiger partial charge on any atom is -0.324 e. The van der Waals surface area contributed by atoms with Gasteiger partial charge in [-0.3, -0.25) is 4.79 Å². The monoisotopic (exact) mass is 226 g/mol. The molecular weight excluding hydrogens is 219 g/mol. The molecule has 1 atom stereocenters. The van der Waals surface area contributed by atoms with Crippen LogP contribution in [0.5, 0.6) is 0 Å². The maximum absolute atomic E-state index is 12.7. The Morgan fingerprint density at radius 1 is 1.67 bits per heavy atom. The van der Waals surface area contributed by atoms with E-state index in [0.717, 1.165) is 6.07 Å². The van der Waals surface area contributed by atoms with Crippen molar-refractivity contribution < 1.29 is 9.18 Å². The Bertz CT molecular complexity index is 428. The lowest BCUT2D eigenvalue weighted by Gasteiger charge is -2.07. The van der Waals surface area contributed by atoms with Crippen LogP contribution in [-0.4, -0.2) is 5.91 Å². The minimum absolute atomic E-state index is 0.105. The Hall–Kier alpha value is -1.60. The minimum atomic E-state index is -0.772. The second kappa shape index (κ2) is 4.76. The molecule has 0 aliphatic heterocycles. The van der Waals surface area contributed by atoms with E-state index in [0.29, 0.717) is 5.69 Å². The quantitative estimate of drug-likeness (QED) is 0.843. The van der Waals surface area contributed by atoms with E-state index in [1.54, 1.807) is 6.07 Å². The molecule has 1 rings (SSSR count). The summed E-state index contributed by atoms with van der Waals surface area (Å²) in [7, 11) is 0. The third-order valence-electron chi connectivity index (χ3n) is 1.78. The lowest BCUT2D eigenvalue weighted by Crippen LogP contribution is -2.19. The number of carbonyl (C=O) groups is 1. The molecule has 1 amide bonds. The van der Waals surface area contributed by atoms with Crippen molar-refractivity contribution in [2.45, 2.75) is 6.92 Å². The number of nitriles is 1. The van der Waals surface area contributed by atoms with E-state index in [4.69, 9.17) is 16.9 Å². The van der Waals surface area contributed by atoms with Crippen LogP contribution in [0.2, 0.25) is 5.02 Å². The van der Waals surface area contributed by atoms with Crippen LogP contribution in [0.4, 0.5) is 10.1 Å². The number of rotatable bonds is 2. The summed E-state index contributed by atoms with van der Waals surface area (Å²) in [6.45, 7) is 1.47. The number of carbonyl (C=O) groups excluding carboxylic acids is 1. The van der Waals surface area contributed by atoms with E-state index in [-0.39, 0.29) is 5.02 Å². The third-order valence-corrected chi connectivity index (χ3v) is 2.09. The average molecular weight is 227 g/mol. The number of halogens is 2. The highest BCUT2D eigenvalue weighted by atomic mass is 35.5. The van der Waals surface area contributed by atoms with E-state index in [1.165, 1.54) is 19.1 Å². The molecule has 0 bridgehead atoms. The number of anilines is 1. The van der Waals surface area contributed by atoms with E-state index in [9.17, 15) is 9.18 Å². The van der Waals surface area contributed by atoms with E-state index in [2.05, 4.69) is 5.32 Å². The molecule has 15 heavy (non-hydrogen) atoms. The van der Waals surface area contributed by atoms with Crippen LogP contribution in [0.15, 0.2) is 18.2 Å². The number of benzene rings is 1. The first-order valence-electron chi connectivity index (χ1n) is 4.20. The fourth-order valence-electron chi connectivity index (χ4n) is 0.890. The van der Waals surface area contributed by atoms with Crippen LogP contribution in [-0.2, 0) is 4.79 Å². The molecule has 0 aliphatic carbocycles. The molecular formula is C10H8ClFN2O. The number of hydrogen-bond acceptors (Lipinski definition) is 2. The van der Waals surface area contributed by atoms with Crippen LogP contribution in [0, 0.1) is 23.1 Å². The summed E-state index contributed by atoms with van der Waals surface area (Å²) >= 11 is 5.68. The first-order valence-corrected chi connectivity index (χ1v) is 4.58. The molecule has 0 radical (unpaired) electrons. The van der Waals surface area contributed by atoms with Gasteiger partial charge in [-0.05, 0) is 25.1 Å². The van der Waals surface area contributed by atoms with Crippen LogP contribution in [0.3, 0.4) is 0 Å². The molecule has 0 spiro atoms. The van der Waals surface area contributed by atoms with Gasteiger partial charge in [0, 0.05) is 0 Å². The van der Waals surface area contributed by atoms with Crippen LogP contribution >= 0.6 is 11.6 Å². The summed E-state index contributed by atoms with van der Waals surface area (Å²) in [5.74, 6) is -1.72. The molecule has 0 aliphatic rings. The fourth-order valence-corrected chi connectivity index (χ4v) is 1.10. The van der Waals surface area contributed by atoms with Gasteiger partial charge in [0.1, 0.15) is 11.7 Å². The molecule has 0 saturated heterocycles. The van der Waals surface area contributed by atoms with Gasteiger partial charge < -0.3 is 5.32 Å². The van der Waals surface area contributed by atoms with E-state index in [1.807, 2.05) is 0 Å². The highest BCUT2D eigenvalue weighted by molar-refractivity contribution is 6.33. The standard InChI is InChI=1S/C10H8ClFN2O/c1-6(5-13)10(15)14-9-3-2-7(12)4-8(9)11/h2-4,6H,1H3,(H,14,15). The van der Waals surface area contributed by atoms with Crippen LogP contribution in [0.25, 0.3) is 0 Å². The molecule has 1 aromatic carbocycles. The highest BCUT2D eigenvalue weighted by Gasteiger charge is 2.13. The van der Waals surface area contributed by atoms with Crippen molar-refractivity contribution >= 4 is 23.2 Å². The Labute approximate surface area is 91.5 Å². The molecule has 3 nitrogen and oxygen atoms in total. The Morgan fingerprint density at radius 3 is 2.87 bits per heavy atom. The van der Waals surface area contributed by atoms with Gasteiger partial charge in [0.25, 0.3) is 0 Å². The summed E-state index contributed by atoms with van der Waals surface area (Å²) in [5.41, 5.74) is 0.296. The van der Waals surface area contributed by atoms with Gasteiger partial charge in [-0.15, -0.1) is 0 Å². The van der Waals surface area contributed by atoms with Gasteiger partial charge in [-0.1, -0.05) is 11.6 Å². The van der Waals surface area contributed by atoms with Gasteiger partial charge >= 0.3 is 0 Å².